The Kier molecular flexibility index (Phi) is 10.9. The lowest BCUT2D eigenvalue weighted by Gasteiger charge is -2.14. The van der Waals surface area contributed by atoms with E-state index in [1.54, 1.807) is 18.8 Å². The van der Waals surface area contributed by atoms with Gasteiger partial charge in [0.15, 0.2) is 0 Å². The molecule has 3 nitrogen and oxygen atoms in total. The monoisotopic (exact) mass is 271 g/mol. The van der Waals surface area contributed by atoms with Gasteiger partial charge in [-0.2, -0.15) is 11.8 Å². The Hall–Kier alpha value is -0.740. The third-order valence-electron chi connectivity index (χ3n) is 2.28. The first-order chi connectivity index (χ1) is 8.71. The molecule has 0 aromatic rings. The molecular formula is C14H25NO2S. The summed E-state index contributed by atoms with van der Waals surface area (Å²) in [5, 5.41) is 0. The summed E-state index contributed by atoms with van der Waals surface area (Å²) in [5.41, 5.74) is 1.86. The largest absolute Gasteiger partial charge is 0.494 e. The van der Waals surface area contributed by atoms with Crippen LogP contribution in [0.2, 0.25) is 0 Å². The van der Waals surface area contributed by atoms with Crippen LogP contribution in [0.4, 0.5) is 0 Å². The third-order valence-corrected chi connectivity index (χ3v) is 2.85. The summed E-state index contributed by atoms with van der Waals surface area (Å²) in [7, 11) is 1.77. The first kappa shape index (κ1) is 17.3. The zero-order chi connectivity index (χ0) is 13.8. The van der Waals surface area contributed by atoms with E-state index >= 15 is 0 Å². The maximum atomic E-state index is 5.59. The van der Waals surface area contributed by atoms with Crippen LogP contribution in [0.3, 0.4) is 0 Å². The molecular weight excluding hydrogens is 246 g/mol. The summed E-state index contributed by atoms with van der Waals surface area (Å²) >= 11 is 1.77. The van der Waals surface area contributed by atoms with Gasteiger partial charge in [-0.05, 0) is 19.6 Å². The number of ether oxygens (including phenoxy) is 2. The molecule has 0 rings (SSSR count). The van der Waals surface area contributed by atoms with Crippen LogP contribution in [-0.4, -0.2) is 44.6 Å². The van der Waals surface area contributed by atoms with Crippen molar-refractivity contribution in [2.24, 2.45) is 4.99 Å². The molecule has 0 spiro atoms. The van der Waals surface area contributed by atoms with E-state index in [1.165, 1.54) is 0 Å². The average Bonchev–Trinajstić information content (AvgIpc) is 2.37. The highest BCUT2D eigenvalue weighted by molar-refractivity contribution is 7.98. The van der Waals surface area contributed by atoms with Crippen LogP contribution in [0.5, 0.6) is 0 Å². The van der Waals surface area contributed by atoms with Crippen molar-refractivity contribution in [3.63, 3.8) is 0 Å². The van der Waals surface area contributed by atoms with E-state index in [9.17, 15) is 0 Å². The molecule has 0 aromatic carbocycles. The SMILES string of the molecule is C=C(OCC)/C(=C/CC)C(COCCSC)=NC. The Labute approximate surface area is 115 Å². The molecule has 0 heterocycles. The summed E-state index contributed by atoms with van der Waals surface area (Å²) in [4.78, 5) is 4.28. The molecule has 4 heteroatoms. The lowest BCUT2D eigenvalue weighted by Crippen LogP contribution is -2.15. The number of aliphatic imine (C=N–C) groups is 1. The minimum Gasteiger partial charge on any atom is -0.494 e. The molecule has 0 N–H and O–H groups in total. The van der Waals surface area contributed by atoms with Crippen molar-refractivity contribution >= 4 is 17.5 Å². The van der Waals surface area contributed by atoms with E-state index in [1.807, 2.05) is 6.92 Å². The van der Waals surface area contributed by atoms with Gasteiger partial charge in [0.25, 0.3) is 0 Å². The number of thioether (sulfide) groups is 1. The predicted octanol–water partition coefficient (Wildman–Crippen LogP) is 3.32. The smallest absolute Gasteiger partial charge is 0.120 e. The number of allylic oxidation sites excluding steroid dienone is 2. The summed E-state index contributed by atoms with van der Waals surface area (Å²) in [5.74, 6) is 1.67. The maximum Gasteiger partial charge on any atom is 0.120 e. The van der Waals surface area contributed by atoms with E-state index in [0.717, 1.165) is 30.1 Å². The zero-order valence-corrected chi connectivity index (χ0v) is 12.8. The first-order valence-electron chi connectivity index (χ1n) is 6.26. The van der Waals surface area contributed by atoms with Crippen LogP contribution in [0, 0.1) is 0 Å². The van der Waals surface area contributed by atoms with Gasteiger partial charge in [0.1, 0.15) is 5.76 Å². The van der Waals surface area contributed by atoms with Gasteiger partial charge in [-0.25, -0.2) is 0 Å². The number of rotatable bonds is 10. The molecule has 0 aliphatic rings. The quantitative estimate of drug-likeness (QED) is 0.264. The van der Waals surface area contributed by atoms with Crippen molar-refractivity contribution < 1.29 is 9.47 Å². The van der Waals surface area contributed by atoms with E-state index in [4.69, 9.17) is 9.47 Å². The summed E-state index contributed by atoms with van der Waals surface area (Å²) in [6, 6.07) is 0. The Morgan fingerprint density at radius 3 is 2.61 bits per heavy atom. The maximum absolute atomic E-state index is 5.59. The number of hydrogen-bond donors (Lipinski definition) is 0. The summed E-state index contributed by atoms with van der Waals surface area (Å²) < 4.78 is 11.1. The predicted molar refractivity (Wildman–Crippen MR) is 81.7 cm³/mol. The van der Waals surface area contributed by atoms with Crippen LogP contribution < -0.4 is 0 Å². The van der Waals surface area contributed by atoms with Gasteiger partial charge < -0.3 is 9.47 Å². The second kappa shape index (κ2) is 11.4. The molecule has 0 amide bonds. The molecule has 0 aliphatic carbocycles. The Bertz CT molecular complexity index is 298. The summed E-state index contributed by atoms with van der Waals surface area (Å²) in [6.45, 7) is 9.84. The zero-order valence-electron chi connectivity index (χ0n) is 12.0. The molecule has 0 radical (unpaired) electrons. The molecule has 0 fully saturated rings. The highest BCUT2D eigenvalue weighted by atomic mass is 32.2. The van der Waals surface area contributed by atoms with E-state index in [0.29, 0.717) is 19.0 Å². The van der Waals surface area contributed by atoms with Crippen LogP contribution in [0.15, 0.2) is 29.0 Å². The van der Waals surface area contributed by atoms with Gasteiger partial charge in [0, 0.05) is 18.4 Å². The minimum atomic E-state index is 0.509. The normalized spacial score (nSPS) is 12.7. The molecule has 0 saturated carbocycles. The van der Waals surface area contributed by atoms with E-state index in [-0.39, 0.29) is 0 Å². The van der Waals surface area contributed by atoms with Gasteiger partial charge in [-0.3, -0.25) is 4.99 Å². The number of nitrogens with zero attached hydrogens (tertiary/aromatic N) is 1. The van der Waals surface area contributed by atoms with Crippen molar-refractivity contribution in [3.05, 3.63) is 24.0 Å². The van der Waals surface area contributed by atoms with E-state index in [2.05, 4.69) is 30.8 Å². The fourth-order valence-electron chi connectivity index (χ4n) is 1.42. The first-order valence-corrected chi connectivity index (χ1v) is 7.65. The van der Waals surface area contributed by atoms with Gasteiger partial charge in [0.2, 0.25) is 0 Å². The molecule has 0 bridgehead atoms. The van der Waals surface area contributed by atoms with Crippen LogP contribution in [-0.2, 0) is 9.47 Å². The molecule has 0 aliphatic heterocycles. The minimum absolute atomic E-state index is 0.509. The second-order valence-electron chi connectivity index (χ2n) is 3.60. The third kappa shape index (κ3) is 6.87. The highest BCUT2D eigenvalue weighted by Crippen LogP contribution is 2.13. The van der Waals surface area contributed by atoms with Crippen LogP contribution in [0.1, 0.15) is 20.3 Å². The second-order valence-corrected chi connectivity index (χ2v) is 4.58. The summed E-state index contributed by atoms with van der Waals surface area (Å²) in [6.07, 6.45) is 5.07. The topological polar surface area (TPSA) is 30.8 Å². The Morgan fingerprint density at radius 1 is 1.39 bits per heavy atom. The van der Waals surface area contributed by atoms with Gasteiger partial charge in [0.05, 0.1) is 25.5 Å². The van der Waals surface area contributed by atoms with Crippen molar-refractivity contribution in [2.45, 2.75) is 20.3 Å². The molecule has 104 valence electrons. The van der Waals surface area contributed by atoms with Crippen molar-refractivity contribution in [3.8, 4) is 0 Å². The van der Waals surface area contributed by atoms with Crippen molar-refractivity contribution in [2.75, 3.05) is 38.9 Å². The van der Waals surface area contributed by atoms with Gasteiger partial charge in [-0.15, -0.1) is 0 Å². The fourth-order valence-corrected chi connectivity index (χ4v) is 1.71. The fraction of sp³-hybridized carbons (Fsp3) is 0.643. The van der Waals surface area contributed by atoms with Crippen molar-refractivity contribution in [1.29, 1.82) is 0 Å². The Morgan fingerprint density at radius 2 is 2.11 bits per heavy atom. The van der Waals surface area contributed by atoms with Crippen LogP contribution >= 0.6 is 11.8 Å². The average molecular weight is 271 g/mol. The van der Waals surface area contributed by atoms with Gasteiger partial charge >= 0.3 is 0 Å². The standard InChI is InChI=1S/C14H25NO2S/c1-6-8-13(12(3)17-7-2)14(15-4)11-16-9-10-18-5/h8H,3,6-7,9-11H2,1-2,4-5H3/b13-8-,15-14?. The molecule has 0 unspecified atom stereocenters. The lowest BCUT2D eigenvalue weighted by molar-refractivity contribution is 0.189. The van der Waals surface area contributed by atoms with Crippen LogP contribution in [0.25, 0.3) is 0 Å². The molecule has 18 heavy (non-hydrogen) atoms. The molecule has 0 atom stereocenters. The van der Waals surface area contributed by atoms with Gasteiger partial charge in [-0.1, -0.05) is 19.6 Å². The van der Waals surface area contributed by atoms with E-state index < -0.39 is 0 Å². The molecule has 0 aromatic heterocycles. The lowest BCUT2D eigenvalue weighted by atomic mass is 10.1. The Balaban J connectivity index is 4.55. The number of hydrogen-bond acceptors (Lipinski definition) is 4. The van der Waals surface area contributed by atoms with Crippen molar-refractivity contribution in [1.82, 2.24) is 0 Å². The molecule has 0 saturated heterocycles. The highest BCUT2D eigenvalue weighted by Gasteiger charge is 2.11.